The monoisotopic (exact) mass is 493 g/mol. The van der Waals surface area contributed by atoms with Crippen molar-refractivity contribution in [2.24, 2.45) is 0 Å². The van der Waals surface area contributed by atoms with E-state index in [1.54, 1.807) is 11.0 Å². The molecule has 0 aliphatic carbocycles. The second-order valence-electron chi connectivity index (χ2n) is 7.91. The lowest BCUT2D eigenvalue weighted by Gasteiger charge is -2.34. The van der Waals surface area contributed by atoms with E-state index in [-0.39, 0.29) is 30.4 Å². The van der Waals surface area contributed by atoms with Crippen LogP contribution < -0.4 is 4.72 Å². The number of nitrogens with zero attached hydrogens (tertiary/aromatic N) is 2. The number of hydrogen-bond donors (Lipinski definition) is 1. The summed E-state index contributed by atoms with van der Waals surface area (Å²) in [5, 5.41) is 0.298. The first-order valence-electron chi connectivity index (χ1n) is 10.7. The molecule has 0 saturated carbocycles. The molecule has 1 amide bonds. The van der Waals surface area contributed by atoms with E-state index >= 15 is 0 Å². The molecular formula is C23H28ClN3O5S. The number of sulfonamides is 1. The molecule has 1 heterocycles. The molecule has 1 saturated heterocycles. The number of ether oxygens (including phenoxy) is 1. The molecule has 0 unspecified atom stereocenters. The lowest BCUT2D eigenvalue weighted by molar-refractivity contribution is -0.152. The standard InChI is InChI=1S/C23H28ClN3O5S/c1-18-4-2-5-19(14-18)16-26-10-12-27(13-11-26)22(28)17-32-23(29)8-9-25-33(30,31)21-7-3-6-20(24)15-21/h2-7,14-15,25H,8-13,16-17H2,1H3. The van der Waals surface area contributed by atoms with Gasteiger partial charge in [-0.3, -0.25) is 14.5 Å². The number of carbonyl (C=O) groups is 2. The first kappa shape index (κ1) is 25.2. The van der Waals surface area contributed by atoms with Crippen molar-refractivity contribution >= 4 is 33.5 Å². The average Bonchev–Trinajstić information content (AvgIpc) is 2.78. The average molecular weight is 494 g/mol. The summed E-state index contributed by atoms with van der Waals surface area (Å²) in [6, 6.07) is 14.2. The van der Waals surface area contributed by atoms with Crippen LogP contribution >= 0.6 is 11.6 Å². The van der Waals surface area contributed by atoms with Gasteiger partial charge in [-0.05, 0) is 30.7 Å². The molecular weight excluding hydrogens is 466 g/mol. The highest BCUT2D eigenvalue weighted by molar-refractivity contribution is 7.89. The van der Waals surface area contributed by atoms with Gasteiger partial charge in [0.05, 0.1) is 11.3 Å². The van der Waals surface area contributed by atoms with Crippen molar-refractivity contribution in [3.8, 4) is 0 Å². The van der Waals surface area contributed by atoms with Crippen molar-refractivity contribution in [3.63, 3.8) is 0 Å². The Morgan fingerprint density at radius 1 is 1.06 bits per heavy atom. The van der Waals surface area contributed by atoms with Crippen LogP contribution in [0.5, 0.6) is 0 Å². The van der Waals surface area contributed by atoms with E-state index in [0.29, 0.717) is 18.1 Å². The molecule has 3 rings (SSSR count). The van der Waals surface area contributed by atoms with Gasteiger partial charge in [0, 0.05) is 44.3 Å². The molecule has 33 heavy (non-hydrogen) atoms. The summed E-state index contributed by atoms with van der Waals surface area (Å²) in [6.07, 6.45) is -0.183. The van der Waals surface area contributed by atoms with E-state index in [0.717, 1.165) is 19.6 Å². The van der Waals surface area contributed by atoms with Gasteiger partial charge in [0.1, 0.15) is 0 Å². The van der Waals surface area contributed by atoms with Crippen LogP contribution in [-0.4, -0.2) is 69.4 Å². The summed E-state index contributed by atoms with van der Waals surface area (Å²) in [5.41, 5.74) is 2.47. The number of carbonyl (C=O) groups excluding carboxylic acids is 2. The van der Waals surface area contributed by atoms with Gasteiger partial charge >= 0.3 is 5.97 Å². The molecule has 1 fully saturated rings. The number of nitrogens with one attached hydrogen (secondary N) is 1. The largest absolute Gasteiger partial charge is 0.456 e. The molecule has 1 N–H and O–H groups in total. The second kappa shape index (κ2) is 11.6. The highest BCUT2D eigenvalue weighted by Crippen LogP contribution is 2.15. The Hall–Kier alpha value is -2.46. The molecule has 0 atom stereocenters. The summed E-state index contributed by atoms with van der Waals surface area (Å²) in [4.78, 5) is 28.3. The Bertz CT molecular complexity index is 1090. The zero-order chi connectivity index (χ0) is 23.8. The molecule has 0 radical (unpaired) electrons. The number of esters is 1. The third kappa shape index (κ3) is 7.82. The maximum absolute atomic E-state index is 12.4. The van der Waals surface area contributed by atoms with Crippen LogP contribution in [0.4, 0.5) is 0 Å². The molecule has 2 aromatic carbocycles. The number of halogens is 1. The molecule has 10 heteroatoms. The van der Waals surface area contributed by atoms with Crippen molar-refractivity contribution in [1.82, 2.24) is 14.5 Å². The minimum Gasteiger partial charge on any atom is -0.456 e. The first-order valence-corrected chi connectivity index (χ1v) is 12.6. The minimum atomic E-state index is -3.78. The van der Waals surface area contributed by atoms with Crippen LogP contribution in [0, 0.1) is 6.92 Å². The van der Waals surface area contributed by atoms with E-state index in [2.05, 4.69) is 34.7 Å². The molecule has 0 aromatic heterocycles. The number of hydrogen-bond acceptors (Lipinski definition) is 6. The maximum Gasteiger partial charge on any atom is 0.307 e. The van der Waals surface area contributed by atoms with Gasteiger partial charge in [-0.1, -0.05) is 47.5 Å². The highest BCUT2D eigenvalue weighted by atomic mass is 35.5. The summed E-state index contributed by atoms with van der Waals surface area (Å²) in [7, 11) is -3.78. The first-order chi connectivity index (χ1) is 15.7. The summed E-state index contributed by atoms with van der Waals surface area (Å²) in [6.45, 7) is 5.05. The van der Waals surface area contributed by atoms with E-state index in [4.69, 9.17) is 16.3 Å². The van der Waals surface area contributed by atoms with Crippen molar-refractivity contribution in [3.05, 3.63) is 64.7 Å². The normalized spacial score (nSPS) is 14.8. The van der Waals surface area contributed by atoms with Crippen molar-refractivity contribution in [2.75, 3.05) is 39.3 Å². The van der Waals surface area contributed by atoms with Crippen LogP contribution in [0.15, 0.2) is 53.4 Å². The van der Waals surface area contributed by atoms with E-state index < -0.39 is 16.0 Å². The van der Waals surface area contributed by atoms with Crippen molar-refractivity contribution in [1.29, 1.82) is 0 Å². The van der Waals surface area contributed by atoms with E-state index in [9.17, 15) is 18.0 Å². The topological polar surface area (TPSA) is 96.0 Å². The van der Waals surface area contributed by atoms with Gasteiger partial charge in [-0.15, -0.1) is 0 Å². The molecule has 0 bridgehead atoms. The fraction of sp³-hybridized carbons (Fsp3) is 0.391. The highest BCUT2D eigenvalue weighted by Gasteiger charge is 2.22. The molecule has 8 nitrogen and oxygen atoms in total. The van der Waals surface area contributed by atoms with Gasteiger partial charge in [0.2, 0.25) is 10.0 Å². The van der Waals surface area contributed by atoms with Crippen molar-refractivity contribution in [2.45, 2.75) is 24.8 Å². The third-order valence-electron chi connectivity index (χ3n) is 5.30. The van der Waals surface area contributed by atoms with Crippen LogP contribution in [0.3, 0.4) is 0 Å². The fourth-order valence-corrected chi connectivity index (χ4v) is 4.87. The Morgan fingerprint density at radius 2 is 1.79 bits per heavy atom. The minimum absolute atomic E-state index is 0.0140. The predicted octanol–water partition coefficient (Wildman–Crippen LogP) is 2.20. The zero-order valence-electron chi connectivity index (χ0n) is 18.5. The zero-order valence-corrected chi connectivity index (χ0v) is 20.1. The Morgan fingerprint density at radius 3 is 2.48 bits per heavy atom. The van der Waals surface area contributed by atoms with Crippen molar-refractivity contribution < 1.29 is 22.7 Å². The number of amides is 1. The summed E-state index contributed by atoms with van der Waals surface area (Å²) < 4.78 is 31.8. The smallest absolute Gasteiger partial charge is 0.307 e. The van der Waals surface area contributed by atoms with Gasteiger partial charge in [0.15, 0.2) is 6.61 Å². The molecule has 0 spiro atoms. The molecule has 2 aromatic rings. The summed E-state index contributed by atoms with van der Waals surface area (Å²) >= 11 is 5.82. The lowest BCUT2D eigenvalue weighted by Crippen LogP contribution is -2.49. The number of rotatable bonds is 9. The molecule has 1 aliphatic heterocycles. The van der Waals surface area contributed by atoms with Crippen LogP contribution in [0.2, 0.25) is 5.02 Å². The Balaban J connectivity index is 1.34. The Labute approximate surface area is 199 Å². The van der Waals surface area contributed by atoms with E-state index in [1.165, 1.54) is 29.3 Å². The van der Waals surface area contributed by atoms with Gasteiger partial charge < -0.3 is 9.64 Å². The van der Waals surface area contributed by atoms with Gasteiger partial charge in [-0.2, -0.15) is 0 Å². The lowest BCUT2D eigenvalue weighted by atomic mass is 10.1. The number of piperazine rings is 1. The SMILES string of the molecule is Cc1cccc(CN2CCN(C(=O)COC(=O)CCNS(=O)(=O)c3cccc(Cl)c3)CC2)c1. The quantitative estimate of drug-likeness (QED) is 0.538. The second-order valence-corrected chi connectivity index (χ2v) is 10.1. The van der Waals surface area contributed by atoms with E-state index in [1.807, 2.05) is 6.07 Å². The third-order valence-corrected chi connectivity index (χ3v) is 6.99. The van der Waals surface area contributed by atoms with Crippen LogP contribution in [0.1, 0.15) is 17.5 Å². The molecule has 178 valence electrons. The predicted molar refractivity (Wildman–Crippen MR) is 125 cm³/mol. The number of benzene rings is 2. The van der Waals surface area contributed by atoms with Gasteiger partial charge in [-0.25, -0.2) is 13.1 Å². The maximum atomic E-state index is 12.4. The molecule has 1 aliphatic rings. The Kier molecular flexibility index (Phi) is 8.85. The van der Waals surface area contributed by atoms with Gasteiger partial charge in [0.25, 0.3) is 5.91 Å². The summed E-state index contributed by atoms with van der Waals surface area (Å²) in [5.74, 6) is -0.895. The van der Waals surface area contributed by atoms with Crippen LogP contribution in [-0.2, 0) is 30.9 Å². The van der Waals surface area contributed by atoms with Crippen LogP contribution in [0.25, 0.3) is 0 Å². The number of aryl methyl sites for hydroxylation is 1. The fourth-order valence-electron chi connectivity index (χ4n) is 3.53.